The Kier molecular flexibility index (Phi) is 5.69. The average Bonchev–Trinajstić information content (AvgIpc) is 2.92. The molecule has 0 spiro atoms. The number of amides is 2. The predicted molar refractivity (Wildman–Crippen MR) is 85.5 cm³/mol. The Labute approximate surface area is 130 Å². The van der Waals surface area contributed by atoms with Gasteiger partial charge in [-0.05, 0) is 36.2 Å². The monoisotopic (exact) mass is 305 g/mol. The first-order chi connectivity index (χ1) is 10.2. The summed E-state index contributed by atoms with van der Waals surface area (Å²) in [6.45, 7) is 3.99. The van der Waals surface area contributed by atoms with Gasteiger partial charge in [0.05, 0.1) is 6.54 Å². The van der Waals surface area contributed by atoms with Crippen LogP contribution in [0, 0.1) is 0 Å². The van der Waals surface area contributed by atoms with Gasteiger partial charge in [0.15, 0.2) is 0 Å². The highest BCUT2D eigenvalue weighted by molar-refractivity contribution is 6.30. The molecule has 2 rings (SSSR count). The minimum Gasteiger partial charge on any atom is -0.345 e. The van der Waals surface area contributed by atoms with Crippen molar-refractivity contribution in [2.24, 2.45) is 0 Å². The van der Waals surface area contributed by atoms with Gasteiger partial charge in [-0.3, -0.25) is 0 Å². The molecule has 2 N–H and O–H groups in total. The zero-order valence-corrected chi connectivity index (χ0v) is 12.9. The number of carbonyl (C=O) groups excluding carboxylic acids is 1. The summed E-state index contributed by atoms with van der Waals surface area (Å²) < 4.78 is 2.11. The molecule has 0 saturated carbocycles. The molecule has 0 saturated heterocycles. The number of rotatable bonds is 6. The fourth-order valence-corrected chi connectivity index (χ4v) is 2.15. The minimum atomic E-state index is -0.129. The molecule has 0 atom stereocenters. The van der Waals surface area contributed by atoms with Crippen molar-refractivity contribution in [2.45, 2.75) is 26.4 Å². The van der Waals surface area contributed by atoms with Gasteiger partial charge in [-0.25, -0.2) is 4.79 Å². The second-order valence-corrected chi connectivity index (χ2v) is 5.30. The summed E-state index contributed by atoms with van der Waals surface area (Å²) in [5.74, 6) is 0. The molecule has 0 fully saturated rings. The van der Waals surface area contributed by atoms with Gasteiger partial charge in [0.2, 0.25) is 0 Å². The molecule has 1 aromatic heterocycles. The van der Waals surface area contributed by atoms with E-state index in [2.05, 4.69) is 15.2 Å². The smallest absolute Gasteiger partial charge is 0.315 e. The van der Waals surface area contributed by atoms with Crippen molar-refractivity contribution < 1.29 is 4.79 Å². The average molecular weight is 306 g/mol. The number of carbonyl (C=O) groups is 1. The highest BCUT2D eigenvalue weighted by Crippen LogP contribution is 2.12. The first-order valence-electron chi connectivity index (χ1n) is 7.09. The van der Waals surface area contributed by atoms with E-state index in [1.54, 1.807) is 0 Å². The van der Waals surface area contributed by atoms with Gasteiger partial charge in [-0.1, -0.05) is 30.7 Å². The van der Waals surface area contributed by atoms with Crippen LogP contribution in [0.25, 0.3) is 0 Å². The van der Waals surface area contributed by atoms with E-state index >= 15 is 0 Å². The third-order valence-electron chi connectivity index (χ3n) is 3.16. The SMILES string of the molecule is CCCNC(=O)NCc1cccn1Cc1ccc(Cl)cc1. The van der Waals surface area contributed by atoms with Gasteiger partial charge in [-0.2, -0.15) is 0 Å². The third-order valence-corrected chi connectivity index (χ3v) is 3.41. The van der Waals surface area contributed by atoms with Crippen LogP contribution in [0.3, 0.4) is 0 Å². The predicted octanol–water partition coefficient (Wildman–Crippen LogP) is 3.40. The van der Waals surface area contributed by atoms with Crippen LogP contribution in [0.15, 0.2) is 42.6 Å². The van der Waals surface area contributed by atoms with Gasteiger partial charge in [0.25, 0.3) is 0 Å². The summed E-state index contributed by atoms with van der Waals surface area (Å²) in [6, 6.07) is 11.7. The number of halogens is 1. The minimum absolute atomic E-state index is 0.129. The normalized spacial score (nSPS) is 10.4. The van der Waals surface area contributed by atoms with Gasteiger partial charge in [-0.15, -0.1) is 0 Å². The van der Waals surface area contributed by atoms with Crippen LogP contribution >= 0.6 is 11.6 Å². The van der Waals surface area contributed by atoms with Crippen molar-refractivity contribution in [1.82, 2.24) is 15.2 Å². The summed E-state index contributed by atoms with van der Waals surface area (Å²) in [5.41, 5.74) is 2.24. The van der Waals surface area contributed by atoms with Crippen molar-refractivity contribution in [1.29, 1.82) is 0 Å². The number of nitrogens with zero attached hydrogens (tertiary/aromatic N) is 1. The van der Waals surface area contributed by atoms with Crippen LogP contribution in [0.4, 0.5) is 4.79 Å². The molecule has 0 radical (unpaired) electrons. The molecule has 0 aliphatic heterocycles. The molecule has 0 bridgehead atoms. The molecule has 2 amide bonds. The van der Waals surface area contributed by atoms with Gasteiger partial charge in [0.1, 0.15) is 0 Å². The number of hydrogen-bond donors (Lipinski definition) is 2. The van der Waals surface area contributed by atoms with E-state index in [4.69, 9.17) is 11.6 Å². The number of urea groups is 1. The molecular formula is C16H20ClN3O. The van der Waals surface area contributed by atoms with Crippen LogP contribution in [-0.2, 0) is 13.1 Å². The second-order valence-electron chi connectivity index (χ2n) is 4.86. The number of nitrogens with one attached hydrogen (secondary N) is 2. The topological polar surface area (TPSA) is 46.1 Å². The Morgan fingerprint density at radius 3 is 2.67 bits per heavy atom. The summed E-state index contributed by atoms with van der Waals surface area (Å²) >= 11 is 5.89. The van der Waals surface area contributed by atoms with E-state index in [1.165, 1.54) is 5.56 Å². The standard InChI is InChI=1S/C16H20ClN3O/c1-2-9-18-16(21)19-11-15-4-3-10-20(15)12-13-5-7-14(17)8-6-13/h3-8,10H,2,9,11-12H2,1H3,(H2,18,19,21). The second kappa shape index (κ2) is 7.74. The van der Waals surface area contributed by atoms with Gasteiger partial charge >= 0.3 is 6.03 Å². The van der Waals surface area contributed by atoms with Crippen LogP contribution < -0.4 is 10.6 Å². The van der Waals surface area contributed by atoms with Crippen LogP contribution in [0.2, 0.25) is 5.02 Å². The first-order valence-corrected chi connectivity index (χ1v) is 7.47. The molecule has 5 heteroatoms. The molecule has 21 heavy (non-hydrogen) atoms. The highest BCUT2D eigenvalue weighted by atomic mass is 35.5. The lowest BCUT2D eigenvalue weighted by Crippen LogP contribution is -2.35. The molecule has 2 aromatic rings. The lowest BCUT2D eigenvalue weighted by molar-refractivity contribution is 0.240. The van der Waals surface area contributed by atoms with Crippen molar-refractivity contribution in [3.63, 3.8) is 0 Å². The van der Waals surface area contributed by atoms with Gasteiger partial charge < -0.3 is 15.2 Å². The molecule has 1 aromatic carbocycles. The molecule has 4 nitrogen and oxygen atoms in total. The largest absolute Gasteiger partial charge is 0.345 e. The van der Waals surface area contributed by atoms with Crippen molar-refractivity contribution >= 4 is 17.6 Å². The summed E-state index contributed by atoms with van der Waals surface area (Å²) in [4.78, 5) is 11.6. The molecule has 112 valence electrons. The Bertz CT molecular complexity index is 577. The maximum Gasteiger partial charge on any atom is 0.315 e. The van der Waals surface area contributed by atoms with E-state index in [1.807, 2.05) is 49.5 Å². The van der Waals surface area contributed by atoms with Crippen LogP contribution in [0.1, 0.15) is 24.6 Å². The fraction of sp³-hybridized carbons (Fsp3) is 0.312. The van der Waals surface area contributed by atoms with Gasteiger partial charge in [0, 0.05) is 30.0 Å². The summed E-state index contributed by atoms with van der Waals surface area (Å²) in [6.07, 6.45) is 2.94. The third kappa shape index (κ3) is 4.83. The fourth-order valence-electron chi connectivity index (χ4n) is 2.02. The highest BCUT2D eigenvalue weighted by Gasteiger charge is 2.04. The Hall–Kier alpha value is -1.94. The Balaban J connectivity index is 1.92. The lowest BCUT2D eigenvalue weighted by atomic mass is 10.2. The van der Waals surface area contributed by atoms with E-state index in [-0.39, 0.29) is 6.03 Å². The number of hydrogen-bond acceptors (Lipinski definition) is 1. The first kappa shape index (κ1) is 15.4. The Morgan fingerprint density at radius 2 is 1.95 bits per heavy atom. The van der Waals surface area contributed by atoms with Crippen molar-refractivity contribution in [3.8, 4) is 0 Å². The lowest BCUT2D eigenvalue weighted by Gasteiger charge is -2.11. The van der Waals surface area contributed by atoms with E-state index in [0.29, 0.717) is 13.1 Å². The number of aromatic nitrogens is 1. The Morgan fingerprint density at radius 1 is 1.19 bits per heavy atom. The van der Waals surface area contributed by atoms with Crippen molar-refractivity contribution in [2.75, 3.05) is 6.54 Å². The summed E-state index contributed by atoms with van der Waals surface area (Å²) in [5, 5.41) is 6.40. The van der Waals surface area contributed by atoms with E-state index in [0.717, 1.165) is 23.7 Å². The molecule has 0 aliphatic rings. The van der Waals surface area contributed by atoms with Crippen molar-refractivity contribution in [3.05, 3.63) is 58.9 Å². The van der Waals surface area contributed by atoms with Crippen LogP contribution in [0.5, 0.6) is 0 Å². The molecule has 0 unspecified atom stereocenters. The maximum atomic E-state index is 11.6. The zero-order chi connectivity index (χ0) is 15.1. The number of benzene rings is 1. The molecule has 1 heterocycles. The molecular weight excluding hydrogens is 286 g/mol. The van der Waals surface area contributed by atoms with Crippen LogP contribution in [-0.4, -0.2) is 17.1 Å². The van der Waals surface area contributed by atoms with E-state index < -0.39 is 0 Å². The zero-order valence-electron chi connectivity index (χ0n) is 12.1. The quantitative estimate of drug-likeness (QED) is 0.844. The van der Waals surface area contributed by atoms with E-state index in [9.17, 15) is 4.79 Å². The maximum absolute atomic E-state index is 11.6. The molecule has 0 aliphatic carbocycles. The summed E-state index contributed by atoms with van der Waals surface area (Å²) in [7, 11) is 0.